The molecule has 0 aromatic heterocycles. The molecular formula is C17H26O. The lowest BCUT2D eigenvalue weighted by molar-refractivity contribution is -0.119. The van der Waals surface area contributed by atoms with E-state index in [0.29, 0.717) is 6.42 Å². The maximum atomic E-state index is 11.8. The highest BCUT2D eigenvalue weighted by Crippen LogP contribution is 2.27. The van der Waals surface area contributed by atoms with Crippen molar-refractivity contribution in [3.63, 3.8) is 0 Å². The smallest absolute Gasteiger partial charge is 0.137 e. The summed E-state index contributed by atoms with van der Waals surface area (Å²) in [5.74, 6) is 0.176. The standard InChI is InChI=1S/C17H26O/c1-7-10-13(4)14(5)12-17(15(6)18)16(9-3)11-8-2/h7,9-10,17H,4-5,8,11-12H2,1-3,6H3/b10-7-,16-9-. The van der Waals surface area contributed by atoms with Crippen LogP contribution >= 0.6 is 0 Å². The van der Waals surface area contributed by atoms with Crippen molar-refractivity contribution in [2.24, 2.45) is 5.92 Å². The zero-order valence-electron chi connectivity index (χ0n) is 12.3. The minimum absolute atomic E-state index is 0.0375. The molecule has 0 aromatic rings. The Morgan fingerprint density at radius 3 is 2.28 bits per heavy atom. The van der Waals surface area contributed by atoms with Gasteiger partial charge in [0.2, 0.25) is 0 Å². The largest absolute Gasteiger partial charge is 0.299 e. The molecule has 0 aromatic carbocycles. The summed E-state index contributed by atoms with van der Waals surface area (Å²) in [5, 5.41) is 0. The highest BCUT2D eigenvalue weighted by atomic mass is 16.1. The molecule has 100 valence electrons. The van der Waals surface area contributed by atoms with Gasteiger partial charge in [0.25, 0.3) is 0 Å². The van der Waals surface area contributed by atoms with Gasteiger partial charge in [-0.05, 0) is 44.8 Å². The van der Waals surface area contributed by atoms with Crippen LogP contribution in [0.4, 0.5) is 0 Å². The van der Waals surface area contributed by atoms with Gasteiger partial charge in [0.05, 0.1) is 0 Å². The van der Waals surface area contributed by atoms with Crippen molar-refractivity contribution in [1.29, 1.82) is 0 Å². The fourth-order valence-corrected chi connectivity index (χ4v) is 2.04. The average molecular weight is 246 g/mol. The van der Waals surface area contributed by atoms with Crippen LogP contribution in [0.5, 0.6) is 0 Å². The van der Waals surface area contributed by atoms with Crippen LogP contribution < -0.4 is 0 Å². The minimum Gasteiger partial charge on any atom is -0.299 e. The zero-order chi connectivity index (χ0) is 14.1. The number of carbonyl (C=O) groups is 1. The lowest BCUT2D eigenvalue weighted by atomic mass is 9.85. The maximum absolute atomic E-state index is 11.8. The van der Waals surface area contributed by atoms with Gasteiger partial charge in [-0.1, -0.05) is 50.3 Å². The Morgan fingerprint density at radius 2 is 1.89 bits per heavy atom. The fraction of sp³-hybridized carbons (Fsp3) is 0.471. The molecule has 0 heterocycles. The summed E-state index contributed by atoms with van der Waals surface area (Å²) >= 11 is 0. The van der Waals surface area contributed by atoms with E-state index in [1.807, 2.05) is 26.0 Å². The highest BCUT2D eigenvalue weighted by molar-refractivity contribution is 5.81. The first-order valence-corrected chi connectivity index (χ1v) is 6.63. The van der Waals surface area contributed by atoms with Gasteiger partial charge in [-0.25, -0.2) is 0 Å². The Bertz CT molecular complexity index is 369. The van der Waals surface area contributed by atoms with E-state index in [4.69, 9.17) is 0 Å². The summed E-state index contributed by atoms with van der Waals surface area (Å²) in [6.07, 6.45) is 8.67. The third-order valence-corrected chi connectivity index (χ3v) is 3.12. The van der Waals surface area contributed by atoms with Crippen molar-refractivity contribution in [1.82, 2.24) is 0 Å². The summed E-state index contributed by atoms with van der Waals surface area (Å²) in [6, 6.07) is 0. The minimum atomic E-state index is -0.0375. The number of allylic oxidation sites excluding steroid dienone is 6. The predicted molar refractivity (Wildman–Crippen MR) is 80.5 cm³/mol. The molecule has 0 rings (SSSR count). The molecule has 0 fully saturated rings. The van der Waals surface area contributed by atoms with Crippen LogP contribution in [-0.2, 0) is 4.79 Å². The number of hydrogen-bond acceptors (Lipinski definition) is 1. The lowest BCUT2D eigenvalue weighted by Gasteiger charge is -2.19. The summed E-state index contributed by atoms with van der Waals surface area (Å²) in [5.41, 5.74) is 3.08. The molecular weight excluding hydrogens is 220 g/mol. The van der Waals surface area contributed by atoms with Crippen molar-refractivity contribution in [2.45, 2.75) is 47.0 Å². The Kier molecular flexibility index (Phi) is 8.02. The first kappa shape index (κ1) is 16.6. The number of ketones is 1. The van der Waals surface area contributed by atoms with Crippen LogP contribution in [0.1, 0.15) is 47.0 Å². The van der Waals surface area contributed by atoms with Gasteiger partial charge in [0.15, 0.2) is 0 Å². The second-order valence-electron chi connectivity index (χ2n) is 4.61. The number of hydrogen-bond donors (Lipinski definition) is 0. The van der Waals surface area contributed by atoms with E-state index in [1.165, 1.54) is 5.57 Å². The average Bonchev–Trinajstić information content (AvgIpc) is 2.33. The SMILES string of the molecule is C=C(/C=C\C)C(=C)CC(C(C)=O)/C(=C\C)CCC. The number of Topliss-reactive ketones (excluding diaryl/α,β-unsaturated/α-hetero) is 1. The molecule has 1 heteroatoms. The van der Waals surface area contributed by atoms with Gasteiger partial charge in [-0.2, -0.15) is 0 Å². The van der Waals surface area contributed by atoms with Crippen LogP contribution in [0.25, 0.3) is 0 Å². The quantitative estimate of drug-likeness (QED) is 0.434. The molecule has 0 aliphatic rings. The van der Waals surface area contributed by atoms with E-state index in [2.05, 4.69) is 26.2 Å². The van der Waals surface area contributed by atoms with E-state index in [0.717, 1.165) is 24.0 Å². The van der Waals surface area contributed by atoms with Crippen LogP contribution in [0, 0.1) is 5.92 Å². The Hall–Kier alpha value is -1.37. The van der Waals surface area contributed by atoms with Crippen molar-refractivity contribution >= 4 is 5.78 Å². The molecule has 0 radical (unpaired) electrons. The lowest BCUT2D eigenvalue weighted by Crippen LogP contribution is -2.15. The summed E-state index contributed by atoms with van der Waals surface area (Å²) in [7, 11) is 0. The van der Waals surface area contributed by atoms with Crippen molar-refractivity contribution in [3.05, 3.63) is 48.1 Å². The van der Waals surface area contributed by atoms with E-state index in [9.17, 15) is 4.79 Å². The van der Waals surface area contributed by atoms with Crippen LogP contribution in [-0.4, -0.2) is 5.78 Å². The third kappa shape index (κ3) is 5.31. The monoisotopic (exact) mass is 246 g/mol. The molecule has 0 bridgehead atoms. The highest BCUT2D eigenvalue weighted by Gasteiger charge is 2.19. The normalized spacial score (nSPS) is 13.7. The maximum Gasteiger partial charge on any atom is 0.137 e. The molecule has 1 atom stereocenters. The van der Waals surface area contributed by atoms with Gasteiger partial charge in [-0.15, -0.1) is 0 Å². The van der Waals surface area contributed by atoms with E-state index in [-0.39, 0.29) is 11.7 Å². The van der Waals surface area contributed by atoms with Crippen molar-refractivity contribution < 1.29 is 4.79 Å². The fourth-order valence-electron chi connectivity index (χ4n) is 2.04. The van der Waals surface area contributed by atoms with Gasteiger partial charge in [-0.3, -0.25) is 4.79 Å². The molecule has 0 N–H and O–H groups in total. The molecule has 18 heavy (non-hydrogen) atoms. The summed E-state index contributed by atoms with van der Waals surface area (Å²) in [4.78, 5) is 11.8. The molecule has 0 saturated carbocycles. The van der Waals surface area contributed by atoms with Crippen molar-refractivity contribution in [2.75, 3.05) is 0 Å². The third-order valence-electron chi connectivity index (χ3n) is 3.12. The Balaban J connectivity index is 4.89. The summed E-state index contributed by atoms with van der Waals surface area (Å²) in [6.45, 7) is 15.8. The summed E-state index contributed by atoms with van der Waals surface area (Å²) < 4.78 is 0. The Labute approximate surface area is 112 Å². The first-order chi connectivity index (χ1) is 8.47. The topological polar surface area (TPSA) is 17.1 Å². The molecule has 0 amide bonds. The van der Waals surface area contributed by atoms with E-state index in [1.54, 1.807) is 6.92 Å². The molecule has 1 unspecified atom stereocenters. The second kappa shape index (κ2) is 8.68. The Morgan fingerprint density at radius 1 is 1.28 bits per heavy atom. The first-order valence-electron chi connectivity index (χ1n) is 6.63. The van der Waals surface area contributed by atoms with Gasteiger partial charge < -0.3 is 0 Å². The van der Waals surface area contributed by atoms with E-state index >= 15 is 0 Å². The second-order valence-corrected chi connectivity index (χ2v) is 4.61. The molecule has 0 aliphatic carbocycles. The van der Waals surface area contributed by atoms with Gasteiger partial charge >= 0.3 is 0 Å². The van der Waals surface area contributed by atoms with Crippen LogP contribution in [0.15, 0.2) is 48.1 Å². The van der Waals surface area contributed by atoms with Gasteiger partial charge in [0, 0.05) is 5.92 Å². The van der Waals surface area contributed by atoms with Crippen LogP contribution in [0.3, 0.4) is 0 Å². The van der Waals surface area contributed by atoms with E-state index < -0.39 is 0 Å². The zero-order valence-corrected chi connectivity index (χ0v) is 12.3. The van der Waals surface area contributed by atoms with Crippen molar-refractivity contribution in [3.8, 4) is 0 Å². The van der Waals surface area contributed by atoms with Gasteiger partial charge in [0.1, 0.15) is 5.78 Å². The molecule has 0 spiro atoms. The number of carbonyl (C=O) groups excluding carboxylic acids is 1. The van der Waals surface area contributed by atoms with Crippen LogP contribution in [0.2, 0.25) is 0 Å². The predicted octanol–water partition coefficient (Wildman–Crippen LogP) is 5.02. The molecule has 0 saturated heterocycles. The molecule has 0 aliphatic heterocycles. The number of rotatable bonds is 8. The molecule has 1 nitrogen and oxygen atoms in total.